The van der Waals surface area contributed by atoms with Crippen molar-refractivity contribution in [2.24, 2.45) is 0 Å². The predicted octanol–water partition coefficient (Wildman–Crippen LogP) is 4.56. The van der Waals surface area contributed by atoms with Crippen LogP contribution in [0.25, 0.3) is 0 Å². The number of benzene rings is 1. The maximum Gasteiger partial charge on any atom is 0.0216 e. The highest BCUT2D eigenvalue weighted by atomic mass is 32.1. The van der Waals surface area contributed by atoms with Gasteiger partial charge in [0.1, 0.15) is 0 Å². The molecule has 0 bridgehead atoms. The summed E-state index contributed by atoms with van der Waals surface area (Å²) in [7, 11) is 0. The van der Waals surface area contributed by atoms with Gasteiger partial charge in [0.05, 0.1) is 0 Å². The van der Waals surface area contributed by atoms with Crippen molar-refractivity contribution in [1.29, 1.82) is 0 Å². The van der Waals surface area contributed by atoms with Gasteiger partial charge in [-0.1, -0.05) is 30.3 Å². The molecule has 1 fully saturated rings. The zero-order chi connectivity index (χ0) is 12.9. The molecule has 1 aromatic carbocycles. The van der Waals surface area contributed by atoms with Crippen molar-refractivity contribution in [1.82, 2.24) is 5.32 Å². The topological polar surface area (TPSA) is 12.0 Å². The molecular weight excluding hydrogens is 250 g/mol. The van der Waals surface area contributed by atoms with Gasteiger partial charge in [0, 0.05) is 12.6 Å². The SMILES string of the molecule is c1ccc(C2CCC(NCc3ccsc3)CC2)cc1. The van der Waals surface area contributed by atoms with Crippen molar-refractivity contribution in [3.8, 4) is 0 Å². The Labute approximate surface area is 119 Å². The number of thiophene rings is 1. The first kappa shape index (κ1) is 12.9. The van der Waals surface area contributed by atoms with Gasteiger partial charge in [-0.05, 0) is 59.6 Å². The predicted molar refractivity (Wildman–Crippen MR) is 82.6 cm³/mol. The van der Waals surface area contributed by atoms with Gasteiger partial charge in [-0.2, -0.15) is 11.3 Å². The van der Waals surface area contributed by atoms with Gasteiger partial charge in [0.2, 0.25) is 0 Å². The van der Waals surface area contributed by atoms with E-state index in [9.17, 15) is 0 Å². The first-order valence-corrected chi connectivity index (χ1v) is 8.15. The van der Waals surface area contributed by atoms with Crippen LogP contribution in [0.1, 0.15) is 42.7 Å². The molecule has 1 aromatic heterocycles. The average molecular weight is 271 g/mol. The van der Waals surface area contributed by atoms with Crippen LogP contribution in [0.5, 0.6) is 0 Å². The second kappa shape index (κ2) is 6.36. The lowest BCUT2D eigenvalue weighted by molar-refractivity contribution is 0.342. The van der Waals surface area contributed by atoms with Crippen molar-refractivity contribution in [3.63, 3.8) is 0 Å². The van der Waals surface area contributed by atoms with Crippen LogP contribution in [-0.4, -0.2) is 6.04 Å². The first-order valence-electron chi connectivity index (χ1n) is 7.21. The molecule has 1 aliphatic rings. The smallest absolute Gasteiger partial charge is 0.0216 e. The van der Waals surface area contributed by atoms with Gasteiger partial charge in [0.25, 0.3) is 0 Å². The van der Waals surface area contributed by atoms with Gasteiger partial charge >= 0.3 is 0 Å². The summed E-state index contributed by atoms with van der Waals surface area (Å²) in [6.07, 6.45) is 5.27. The monoisotopic (exact) mass is 271 g/mol. The molecule has 1 saturated carbocycles. The van der Waals surface area contributed by atoms with Gasteiger partial charge in [-0.3, -0.25) is 0 Å². The maximum absolute atomic E-state index is 3.70. The zero-order valence-corrected chi connectivity index (χ0v) is 12.0. The summed E-state index contributed by atoms with van der Waals surface area (Å²) in [6, 6.07) is 13.9. The van der Waals surface area contributed by atoms with Crippen LogP contribution in [0.4, 0.5) is 0 Å². The summed E-state index contributed by atoms with van der Waals surface area (Å²) in [5.74, 6) is 0.778. The van der Waals surface area contributed by atoms with Crippen molar-refractivity contribution >= 4 is 11.3 Å². The molecule has 0 saturated heterocycles. The van der Waals surface area contributed by atoms with E-state index in [0.29, 0.717) is 6.04 Å². The van der Waals surface area contributed by atoms with E-state index in [1.165, 1.54) is 36.8 Å². The van der Waals surface area contributed by atoms with Crippen LogP contribution in [0.15, 0.2) is 47.2 Å². The number of nitrogens with one attached hydrogen (secondary N) is 1. The summed E-state index contributed by atoms with van der Waals surface area (Å²) in [4.78, 5) is 0. The second-order valence-corrected chi connectivity index (χ2v) is 6.25. The normalized spacial score (nSPS) is 23.4. The third kappa shape index (κ3) is 3.46. The highest BCUT2D eigenvalue weighted by Gasteiger charge is 2.21. The van der Waals surface area contributed by atoms with E-state index >= 15 is 0 Å². The lowest BCUT2D eigenvalue weighted by Crippen LogP contribution is -2.32. The fraction of sp³-hybridized carbons (Fsp3) is 0.412. The Balaban J connectivity index is 1.47. The Kier molecular flexibility index (Phi) is 4.31. The van der Waals surface area contributed by atoms with Gasteiger partial charge in [-0.15, -0.1) is 0 Å². The van der Waals surface area contributed by atoms with Crippen molar-refractivity contribution in [2.45, 2.75) is 44.2 Å². The molecule has 3 rings (SSSR count). The molecule has 0 atom stereocenters. The van der Waals surface area contributed by atoms with Crippen LogP contribution in [0.2, 0.25) is 0 Å². The van der Waals surface area contributed by atoms with Crippen LogP contribution >= 0.6 is 11.3 Å². The quantitative estimate of drug-likeness (QED) is 0.859. The molecule has 1 aliphatic carbocycles. The van der Waals surface area contributed by atoms with E-state index in [1.807, 2.05) is 0 Å². The highest BCUT2D eigenvalue weighted by Crippen LogP contribution is 2.32. The van der Waals surface area contributed by atoms with E-state index in [0.717, 1.165) is 12.5 Å². The molecule has 1 nitrogen and oxygen atoms in total. The summed E-state index contributed by atoms with van der Waals surface area (Å²) in [6.45, 7) is 1.03. The molecule has 0 unspecified atom stereocenters. The third-order valence-electron chi connectivity index (χ3n) is 4.17. The van der Waals surface area contributed by atoms with E-state index in [-0.39, 0.29) is 0 Å². The Morgan fingerprint density at radius 3 is 2.47 bits per heavy atom. The molecule has 2 aromatic rings. The van der Waals surface area contributed by atoms with E-state index in [2.05, 4.69) is 52.5 Å². The van der Waals surface area contributed by atoms with Crippen LogP contribution in [0.3, 0.4) is 0 Å². The van der Waals surface area contributed by atoms with Gasteiger partial charge in [0.15, 0.2) is 0 Å². The lowest BCUT2D eigenvalue weighted by atomic mass is 9.82. The maximum atomic E-state index is 3.70. The minimum absolute atomic E-state index is 0.708. The molecule has 1 heterocycles. The summed E-state index contributed by atoms with van der Waals surface area (Å²) in [5.41, 5.74) is 2.95. The van der Waals surface area contributed by atoms with Crippen LogP contribution < -0.4 is 5.32 Å². The summed E-state index contributed by atoms with van der Waals surface area (Å²) < 4.78 is 0. The zero-order valence-electron chi connectivity index (χ0n) is 11.2. The molecule has 2 heteroatoms. The molecule has 19 heavy (non-hydrogen) atoms. The average Bonchev–Trinajstić information content (AvgIpc) is 3.00. The molecule has 0 spiro atoms. The van der Waals surface area contributed by atoms with Crippen LogP contribution in [0, 0.1) is 0 Å². The highest BCUT2D eigenvalue weighted by molar-refractivity contribution is 7.07. The Bertz CT molecular complexity index is 469. The third-order valence-corrected chi connectivity index (χ3v) is 4.91. The molecular formula is C17H21NS. The number of hydrogen-bond donors (Lipinski definition) is 1. The molecule has 0 amide bonds. The van der Waals surface area contributed by atoms with Crippen LogP contribution in [-0.2, 0) is 6.54 Å². The Morgan fingerprint density at radius 2 is 1.79 bits per heavy atom. The van der Waals surface area contributed by atoms with Gasteiger partial charge in [-0.25, -0.2) is 0 Å². The van der Waals surface area contributed by atoms with Crippen molar-refractivity contribution in [2.75, 3.05) is 0 Å². The summed E-state index contributed by atoms with van der Waals surface area (Å²) in [5, 5.41) is 8.10. The minimum Gasteiger partial charge on any atom is -0.310 e. The molecule has 1 N–H and O–H groups in total. The number of rotatable bonds is 4. The molecule has 100 valence electrons. The minimum atomic E-state index is 0.708. The largest absolute Gasteiger partial charge is 0.310 e. The fourth-order valence-electron chi connectivity index (χ4n) is 3.01. The first-order chi connectivity index (χ1) is 9.42. The van der Waals surface area contributed by atoms with Gasteiger partial charge < -0.3 is 5.32 Å². The van der Waals surface area contributed by atoms with E-state index in [4.69, 9.17) is 0 Å². The molecule has 0 radical (unpaired) electrons. The van der Waals surface area contributed by atoms with E-state index in [1.54, 1.807) is 11.3 Å². The Hall–Kier alpha value is -1.12. The van der Waals surface area contributed by atoms with E-state index < -0.39 is 0 Å². The molecule has 0 aliphatic heterocycles. The lowest BCUT2D eigenvalue weighted by Gasteiger charge is -2.29. The van der Waals surface area contributed by atoms with Crippen molar-refractivity contribution in [3.05, 3.63) is 58.3 Å². The number of hydrogen-bond acceptors (Lipinski definition) is 2. The standard InChI is InChI=1S/C17H21NS/c1-2-4-15(5-3-1)16-6-8-17(9-7-16)18-12-14-10-11-19-13-14/h1-5,10-11,13,16-18H,6-9,12H2. The Morgan fingerprint density at radius 1 is 1.00 bits per heavy atom. The summed E-state index contributed by atoms with van der Waals surface area (Å²) >= 11 is 1.78. The fourth-order valence-corrected chi connectivity index (χ4v) is 3.68. The second-order valence-electron chi connectivity index (χ2n) is 5.47. The van der Waals surface area contributed by atoms with Crippen molar-refractivity contribution < 1.29 is 0 Å².